The molecular weight excluding hydrogens is 448 g/mol. The number of rotatable bonds is 7. The molecule has 1 unspecified atom stereocenters. The molecule has 7 heteroatoms. The number of hydrogen-bond acceptors (Lipinski definition) is 4. The molecule has 3 amide bonds. The largest absolute Gasteiger partial charge is 0.336 e. The van der Waals surface area contributed by atoms with Crippen molar-refractivity contribution in [3.05, 3.63) is 65.7 Å². The van der Waals surface area contributed by atoms with Gasteiger partial charge in [0.1, 0.15) is 0 Å². The van der Waals surface area contributed by atoms with E-state index in [0.717, 1.165) is 16.0 Å². The highest BCUT2D eigenvalue weighted by atomic mass is 32.3. The van der Waals surface area contributed by atoms with E-state index < -0.39 is 10.3 Å². The van der Waals surface area contributed by atoms with Gasteiger partial charge in [-0.15, -0.1) is 10.3 Å². The molecule has 0 fully saturated rings. The smallest absolute Gasteiger partial charge is 0.253 e. The van der Waals surface area contributed by atoms with Crippen LogP contribution in [-0.4, -0.2) is 53.0 Å². The summed E-state index contributed by atoms with van der Waals surface area (Å²) < 4.78 is 6.62. The number of amides is 3. The highest BCUT2D eigenvalue weighted by molar-refractivity contribution is 8.29. The first-order valence-electron chi connectivity index (χ1n) is 11.4. The van der Waals surface area contributed by atoms with E-state index in [9.17, 15) is 14.4 Å². The van der Waals surface area contributed by atoms with Gasteiger partial charge >= 0.3 is 0 Å². The monoisotopic (exact) mass is 480 g/mol. The van der Waals surface area contributed by atoms with Gasteiger partial charge in [0.15, 0.2) is 0 Å². The fraction of sp³-hybridized carbons (Fsp3) is 0.370. The lowest BCUT2D eigenvalue weighted by molar-refractivity contribution is -0.137. The van der Waals surface area contributed by atoms with E-state index in [1.54, 1.807) is 0 Å². The Labute approximate surface area is 202 Å². The normalized spacial score (nSPS) is 17.7. The van der Waals surface area contributed by atoms with Crippen molar-refractivity contribution < 1.29 is 18.6 Å². The van der Waals surface area contributed by atoms with Gasteiger partial charge in [-0.3, -0.25) is 19.3 Å². The molecule has 1 heterocycles. The molecule has 0 bridgehead atoms. The number of carbonyl (C=O) groups excluding carboxylic acids is 3. The molecule has 1 N–H and O–H groups in total. The van der Waals surface area contributed by atoms with Gasteiger partial charge < -0.3 is 9.50 Å². The third kappa shape index (κ3) is 4.68. The maximum absolute atomic E-state index is 12.5. The molecule has 1 aliphatic heterocycles. The lowest BCUT2D eigenvalue weighted by Crippen LogP contribution is -2.33. The fourth-order valence-corrected chi connectivity index (χ4v) is 4.90. The quantitative estimate of drug-likeness (QED) is 0.575. The first kappa shape index (κ1) is 24.2. The molecule has 1 aliphatic carbocycles. The summed E-state index contributed by atoms with van der Waals surface area (Å²) in [4.78, 5) is 37.0. The van der Waals surface area contributed by atoms with E-state index >= 15 is 0 Å². The lowest BCUT2D eigenvalue weighted by Gasteiger charge is -2.44. The third-order valence-electron chi connectivity index (χ3n) is 6.80. The standard InChI is InChI=1S/C27H32N2O4S/c1-27(2,3)34(4,5)33-17-23-20-9-7-6-8-19(20)21-11-10-18(16-22(21)23)28-24(30)14-15-29-25(31)12-13-26(29)32/h6-13,16,23H,14-15,17H2,1-5H3,(H,28,30). The van der Waals surface area contributed by atoms with E-state index in [-0.39, 0.29) is 41.4 Å². The summed E-state index contributed by atoms with van der Waals surface area (Å²) >= 11 is 0. The zero-order valence-electron chi connectivity index (χ0n) is 20.4. The number of carbonyl (C=O) groups is 3. The number of anilines is 1. The van der Waals surface area contributed by atoms with Crippen LogP contribution < -0.4 is 5.32 Å². The Kier molecular flexibility index (Phi) is 6.44. The molecule has 2 aromatic rings. The number of benzene rings is 2. The number of fused-ring (bicyclic) bond motifs is 3. The Morgan fingerprint density at radius 2 is 1.65 bits per heavy atom. The van der Waals surface area contributed by atoms with E-state index in [4.69, 9.17) is 4.18 Å². The van der Waals surface area contributed by atoms with Gasteiger partial charge in [0.25, 0.3) is 11.8 Å². The fourth-order valence-electron chi connectivity index (χ4n) is 4.07. The molecule has 4 rings (SSSR count). The van der Waals surface area contributed by atoms with Crippen LogP contribution in [0.5, 0.6) is 0 Å². The summed E-state index contributed by atoms with van der Waals surface area (Å²) in [7, 11) is -1.28. The SMILES string of the molecule is CC(C)(C)S(C)(C)OCC1c2ccccc2-c2ccc(NC(=O)CCN3C(=O)C=CC3=O)cc21. The minimum Gasteiger partial charge on any atom is -0.336 e. The van der Waals surface area contributed by atoms with Crippen molar-refractivity contribution in [3.8, 4) is 11.1 Å². The summed E-state index contributed by atoms with van der Waals surface area (Å²) in [6, 6.07) is 14.3. The summed E-state index contributed by atoms with van der Waals surface area (Å²) in [5.74, 6) is -0.912. The summed E-state index contributed by atoms with van der Waals surface area (Å²) in [5.41, 5.74) is 5.43. The Morgan fingerprint density at radius 1 is 1.00 bits per heavy atom. The van der Waals surface area contributed by atoms with E-state index in [1.807, 2.05) is 24.3 Å². The minimum atomic E-state index is -1.28. The van der Waals surface area contributed by atoms with E-state index in [2.05, 4.69) is 56.8 Å². The molecule has 180 valence electrons. The van der Waals surface area contributed by atoms with Crippen molar-refractivity contribution in [3.63, 3.8) is 0 Å². The molecular formula is C27H32N2O4S. The number of imide groups is 1. The van der Waals surface area contributed by atoms with Crippen LogP contribution in [0.3, 0.4) is 0 Å². The highest BCUT2D eigenvalue weighted by Crippen LogP contribution is 2.55. The molecule has 2 aromatic carbocycles. The predicted octanol–water partition coefficient (Wildman–Crippen LogP) is 4.85. The van der Waals surface area contributed by atoms with Crippen LogP contribution in [0.25, 0.3) is 11.1 Å². The second kappa shape index (κ2) is 9.04. The van der Waals surface area contributed by atoms with Crippen LogP contribution in [0.15, 0.2) is 54.6 Å². The minimum absolute atomic E-state index is 0.0478. The Morgan fingerprint density at radius 3 is 2.32 bits per heavy atom. The predicted molar refractivity (Wildman–Crippen MR) is 138 cm³/mol. The van der Waals surface area contributed by atoms with Gasteiger partial charge in [-0.05, 0) is 46.9 Å². The summed E-state index contributed by atoms with van der Waals surface area (Å²) in [5, 5.41) is 2.92. The van der Waals surface area contributed by atoms with Crippen molar-refractivity contribution in [1.82, 2.24) is 4.90 Å². The van der Waals surface area contributed by atoms with Crippen LogP contribution in [0, 0.1) is 0 Å². The lowest BCUT2D eigenvalue weighted by atomic mass is 9.98. The zero-order valence-corrected chi connectivity index (χ0v) is 21.2. The molecule has 2 aliphatic rings. The van der Waals surface area contributed by atoms with Gasteiger partial charge in [0, 0.05) is 41.5 Å². The molecule has 34 heavy (non-hydrogen) atoms. The van der Waals surface area contributed by atoms with Gasteiger partial charge in [-0.25, -0.2) is 0 Å². The van der Waals surface area contributed by atoms with Crippen LogP contribution in [0.4, 0.5) is 5.69 Å². The van der Waals surface area contributed by atoms with E-state index in [1.165, 1.54) is 23.3 Å². The molecule has 0 spiro atoms. The third-order valence-corrected chi connectivity index (χ3v) is 10.5. The second-order valence-corrected chi connectivity index (χ2v) is 14.0. The highest BCUT2D eigenvalue weighted by Gasteiger charge is 2.34. The first-order valence-corrected chi connectivity index (χ1v) is 13.8. The average Bonchev–Trinajstić information content (AvgIpc) is 3.26. The van der Waals surface area contributed by atoms with Crippen molar-refractivity contribution >= 4 is 33.7 Å². The molecule has 1 atom stereocenters. The van der Waals surface area contributed by atoms with Crippen molar-refractivity contribution in [1.29, 1.82) is 0 Å². The topological polar surface area (TPSA) is 75.7 Å². The van der Waals surface area contributed by atoms with Gasteiger partial charge in [0.05, 0.1) is 6.61 Å². The van der Waals surface area contributed by atoms with Gasteiger partial charge in [-0.1, -0.05) is 51.1 Å². The average molecular weight is 481 g/mol. The Balaban J connectivity index is 1.51. The maximum Gasteiger partial charge on any atom is 0.253 e. The summed E-state index contributed by atoms with van der Waals surface area (Å²) in [6.07, 6.45) is 6.91. The molecule has 6 nitrogen and oxygen atoms in total. The Hall–Kier alpha value is -2.90. The molecule has 0 saturated carbocycles. The maximum atomic E-state index is 12.5. The van der Waals surface area contributed by atoms with Crippen molar-refractivity contribution in [2.24, 2.45) is 0 Å². The summed E-state index contributed by atoms with van der Waals surface area (Å²) in [6.45, 7) is 7.28. The van der Waals surface area contributed by atoms with Crippen molar-refractivity contribution in [2.45, 2.75) is 37.9 Å². The Bertz CT molecular complexity index is 1160. The van der Waals surface area contributed by atoms with Crippen LogP contribution in [0.2, 0.25) is 0 Å². The van der Waals surface area contributed by atoms with Crippen LogP contribution in [0.1, 0.15) is 44.2 Å². The molecule has 0 aromatic heterocycles. The molecule has 0 saturated heterocycles. The van der Waals surface area contributed by atoms with Crippen LogP contribution >= 0.6 is 10.3 Å². The van der Waals surface area contributed by atoms with E-state index in [0.29, 0.717) is 12.3 Å². The number of hydrogen-bond donors (Lipinski definition) is 1. The zero-order chi connectivity index (χ0) is 24.7. The molecule has 0 radical (unpaired) electrons. The van der Waals surface area contributed by atoms with Crippen molar-refractivity contribution in [2.75, 3.05) is 31.0 Å². The van der Waals surface area contributed by atoms with Crippen LogP contribution in [-0.2, 0) is 18.6 Å². The number of nitrogens with one attached hydrogen (secondary N) is 1. The number of nitrogens with zero attached hydrogens (tertiary/aromatic N) is 1. The van der Waals surface area contributed by atoms with Gasteiger partial charge in [0.2, 0.25) is 5.91 Å². The second-order valence-electron chi connectivity index (χ2n) is 10.0. The first-order chi connectivity index (χ1) is 16.0. The van der Waals surface area contributed by atoms with Gasteiger partial charge in [-0.2, -0.15) is 0 Å².